The molecule has 2 rings (SSSR count). The first-order chi connectivity index (χ1) is 11.0. The fraction of sp³-hybridized carbons (Fsp3) is 0.562. The molecule has 0 saturated heterocycles. The Kier molecular flexibility index (Phi) is 5.92. The third-order valence-electron chi connectivity index (χ3n) is 3.85. The summed E-state index contributed by atoms with van der Waals surface area (Å²) in [5.74, 6) is 0.412. The normalized spacial score (nSPS) is 12.6. The molecule has 2 amide bonds. The van der Waals surface area contributed by atoms with E-state index in [1.165, 1.54) is 0 Å². The highest BCUT2D eigenvalue weighted by molar-refractivity contribution is 5.75. The molecule has 0 aliphatic heterocycles. The van der Waals surface area contributed by atoms with Gasteiger partial charge in [-0.3, -0.25) is 0 Å². The van der Waals surface area contributed by atoms with Gasteiger partial charge in [0.25, 0.3) is 0 Å². The first-order valence-corrected chi connectivity index (χ1v) is 7.88. The van der Waals surface area contributed by atoms with Crippen molar-refractivity contribution in [3.63, 3.8) is 0 Å². The second-order valence-electron chi connectivity index (χ2n) is 6.09. The predicted octanol–water partition coefficient (Wildman–Crippen LogP) is 1.95. The molecule has 1 N–H and O–H groups in total. The highest BCUT2D eigenvalue weighted by atomic mass is 16.6. The van der Waals surface area contributed by atoms with E-state index in [1.807, 2.05) is 18.2 Å². The average Bonchev–Trinajstić information content (AvgIpc) is 2.99. The van der Waals surface area contributed by atoms with Crippen LogP contribution in [0.4, 0.5) is 4.79 Å². The molecule has 0 bridgehead atoms. The SMILES string of the molecule is CCN(C)C[C@@H](C)CNC(=O)N(C)Cc1ccc2nonc2c1. The van der Waals surface area contributed by atoms with Crippen molar-refractivity contribution in [1.82, 2.24) is 25.4 Å². The van der Waals surface area contributed by atoms with E-state index in [0.29, 0.717) is 24.5 Å². The van der Waals surface area contributed by atoms with Crippen molar-refractivity contribution >= 4 is 17.1 Å². The molecule has 0 saturated carbocycles. The second-order valence-corrected chi connectivity index (χ2v) is 6.09. The van der Waals surface area contributed by atoms with Gasteiger partial charge in [-0.1, -0.05) is 19.9 Å². The van der Waals surface area contributed by atoms with E-state index in [0.717, 1.165) is 24.2 Å². The van der Waals surface area contributed by atoms with Gasteiger partial charge in [0.05, 0.1) is 0 Å². The summed E-state index contributed by atoms with van der Waals surface area (Å²) in [4.78, 5) is 16.1. The van der Waals surface area contributed by atoms with Gasteiger partial charge in [0.15, 0.2) is 0 Å². The molecule has 0 unspecified atom stereocenters. The summed E-state index contributed by atoms with van der Waals surface area (Å²) in [5.41, 5.74) is 2.41. The van der Waals surface area contributed by atoms with Crippen LogP contribution in [0.2, 0.25) is 0 Å². The van der Waals surface area contributed by atoms with E-state index in [1.54, 1.807) is 11.9 Å². The van der Waals surface area contributed by atoms with E-state index in [2.05, 4.69) is 46.1 Å². The van der Waals surface area contributed by atoms with Crippen molar-refractivity contribution in [2.45, 2.75) is 20.4 Å². The van der Waals surface area contributed by atoms with Gasteiger partial charge in [0, 0.05) is 26.7 Å². The largest absolute Gasteiger partial charge is 0.338 e. The van der Waals surface area contributed by atoms with Crippen molar-refractivity contribution in [3.05, 3.63) is 23.8 Å². The van der Waals surface area contributed by atoms with Crippen LogP contribution in [0.5, 0.6) is 0 Å². The lowest BCUT2D eigenvalue weighted by atomic mass is 10.1. The Bertz CT molecular complexity index is 642. The lowest BCUT2D eigenvalue weighted by Gasteiger charge is -2.22. The average molecular weight is 319 g/mol. The number of carbonyl (C=O) groups is 1. The maximum Gasteiger partial charge on any atom is 0.317 e. The summed E-state index contributed by atoms with van der Waals surface area (Å²) < 4.78 is 4.68. The summed E-state index contributed by atoms with van der Waals surface area (Å²) in [6, 6.07) is 5.58. The Balaban J connectivity index is 1.82. The van der Waals surface area contributed by atoms with Crippen molar-refractivity contribution in [2.75, 3.05) is 33.7 Å². The van der Waals surface area contributed by atoms with Gasteiger partial charge in [0.1, 0.15) is 11.0 Å². The second kappa shape index (κ2) is 7.92. The number of urea groups is 1. The molecule has 0 aliphatic rings. The van der Waals surface area contributed by atoms with Gasteiger partial charge in [-0.15, -0.1) is 0 Å². The van der Waals surface area contributed by atoms with E-state index in [9.17, 15) is 4.79 Å². The molecular formula is C16H25N5O2. The van der Waals surface area contributed by atoms with Crippen molar-refractivity contribution in [1.29, 1.82) is 0 Å². The highest BCUT2D eigenvalue weighted by Crippen LogP contribution is 2.13. The molecule has 1 heterocycles. The van der Waals surface area contributed by atoms with Crippen LogP contribution in [0.3, 0.4) is 0 Å². The molecule has 1 aromatic heterocycles. The molecule has 0 aliphatic carbocycles. The van der Waals surface area contributed by atoms with E-state index in [4.69, 9.17) is 0 Å². The number of nitrogens with one attached hydrogen (secondary N) is 1. The minimum Gasteiger partial charge on any atom is -0.338 e. The van der Waals surface area contributed by atoms with Gasteiger partial charge in [-0.2, -0.15) is 0 Å². The summed E-state index contributed by atoms with van der Waals surface area (Å²) in [5, 5.41) is 10.6. The standard InChI is InChI=1S/C16H25N5O2/c1-5-20(3)10-12(2)9-17-16(22)21(4)11-13-6-7-14-15(8-13)19-23-18-14/h6-8,12H,5,9-11H2,1-4H3,(H,17,22)/t12-/m0/s1. The number of hydrogen-bond acceptors (Lipinski definition) is 5. The summed E-state index contributed by atoms with van der Waals surface area (Å²) >= 11 is 0. The van der Waals surface area contributed by atoms with Crippen molar-refractivity contribution in [2.24, 2.45) is 5.92 Å². The number of aromatic nitrogens is 2. The number of nitrogens with zero attached hydrogens (tertiary/aromatic N) is 4. The van der Waals surface area contributed by atoms with Crippen LogP contribution in [-0.2, 0) is 6.54 Å². The first kappa shape index (κ1) is 17.2. The number of carbonyl (C=O) groups excluding carboxylic acids is 1. The Labute approximate surface area is 136 Å². The van der Waals surface area contributed by atoms with Crippen LogP contribution in [0.1, 0.15) is 19.4 Å². The predicted molar refractivity (Wildman–Crippen MR) is 89.0 cm³/mol. The lowest BCUT2D eigenvalue weighted by Crippen LogP contribution is -2.40. The summed E-state index contributed by atoms with van der Waals surface area (Å²) in [6.45, 7) is 7.42. The highest BCUT2D eigenvalue weighted by Gasteiger charge is 2.12. The smallest absolute Gasteiger partial charge is 0.317 e. The molecule has 126 valence electrons. The summed E-state index contributed by atoms with van der Waals surface area (Å²) in [6.07, 6.45) is 0. The third-order valence-corrected chi connectivity index (χ3v) is 3.85. The lowest BCUT2D eigenvalue weighted by molar-refractivity contribution is 0.203. The van der Waals surface area contributed by atoms with E-state index >= 15 is 0 Å². The Morgan fingerprint density at radius 3 is 2.78 bits per heavy atom. The monoisotopic (exact) mass is 319 g/mol. The molecule has 0 fully saturated rings. The maximum absolute atomic E-state index is 12.2. The molecule has 7 heteroatoms. The Morgan fingerprint density at radius 2 is 2.04 bits per heavy atom. The van der Waals surface area contributed by atoms with Crippen LogP contribution in [-0.4, -0.2) is 59.9 Å². The molecular weight excluding hydrogens is 294 g/mol. The first-order valence-electron chi connectivity index (χ1n) is 7.88. The van der Waals surface area contributed by atoms with Gasteiger partial charge in [-0.25, -0.2) is 9.42 Å². The van der Waals surface area contributed by atoms with Gasteiger partial charge < -0.3 is 15.1 Å². The van der Waals surface area contributed by atoms with Crippen molar-refractivity contribution in [3.8, 4) is 0 Å². The number of benzene rings is 1. The number of hydrogen-bond donors (Lipinski definition) is 1. The molecule has 0 radical (unpaired) electrons. The zero-order valence-electron chi connectivity index (χ0n) is 14.2. The van der Waals surface area contributed by atoms with Crippen LogP contribution < -0.4 is 5.32 Å². The minimum atomic E-state index is -0.0747. The van der Waals surface area contributed by atoms with Gasteiger partial charge >= 0.3 is 6.03 Å². The number of rotatable bonds is 7. The molecule has 2 aromatic rings. The molecule has 1 atom stereocenters. The zero-order valence-corrected chi connectivity index (χ0v) is 14.2. The number of amides is 2. The maximum atomic E-state index is 12.2. The van der Waals surface area contributed by atoms with Gasteiger partial charge in [0.2, 0.25) is 0 Å². The van der Waals surface area contributed by atoms with Crippen LogP contribution in [0, 0.1) is 5.92 Å². The molecule has 0 spiro atoms. The van der Waals surface area contributed by atoms with Crippen molar-refractivity contribution < 1.29 is 9.42 Å². The van der Waals surface area contributed by atoms with Crippen LogP contribution >= 0.6 is 0 Å². The fourth-order valence-corrected chi connectivity index (χ4v) is 2.39. The van der Waals surface area contributed by atoms with E-state index < -0.39 is 0 Å². The number of fused-ring (bicyclic) bond motifs is 1. The fourth-order valence-electron chi connectivity index (χ4n) is 2.39. The molecule has 7 nitrogen and oxygen atoms in total. The minimum absolute atomic E-state index is 0.0747. The molecule has 23 heavy (non-hydrogen) atoms. The van der Waals surface area contributed by atoms with Gasteiger partial charge in [-0.05, 0) is 47.5 Å². The quantitative estimate of drug-likeness (QED) is 0.844. The third kappa shape index (κ3) is 4.92. The van der Waals surface area contributed by atoms with Crippen LogP contribution in [0.15, 0.2) is 22.8 Å². The Hall–Kier alpha value is -2.15. The molecule has 1 aromatic carbocycles. The van der Waals surface area contributed by atoms with Crippen LogP contribution in [0.25, 0.3) is 11.0 Å². The summed E-state index contributed by atoms with van der Waals surface area (Å²) in [7, 11) is 3.86. The van der Waals surface area contributed by atoms with E-state index in [-0.39, 0.29) is 6.03 Å². The Morgan fingerprint density at radius 1 is 1.30 bits per heavy atom. The zero-order chi connectivity index (χ0) is 16.8. The topological polar surface area (TPSA) is 74.5 Å².